The van der Waals surface area contributed by atoms with Crippen molar-refractivity contribution in [2.45, 2.75) is 5.41 Å². The van der Waals surface area contributed by atoms with Crippen molar-refractivity contribution in [3.8, 4) is 5.75 Å². The van der Waals surface area contributed by atoms with Gasteiger partial charge in [-0.15, -0.1) is 0 Å². The first-order valence-corrected chi connectivity index (χ1v) is 8.21. The zero-order valence-electron chi connectivity index (χ0n) is 12.6. The third-order valence-corrected chi connectivity index (χ3v) is 4.52. The van der Waals surface area contributed by atoms with Crippen molar-refractivity contribution in [3.05, 3.63) is 76.0 Å². The predicted octanol–water partition coefficient (Wildman–Crippen LogP) is 3.49. The number of nitrogens with one attached hydrogen (secondary N) is 1. The molecular formula is C18H18BrFN2O. The molecule has 3 N–H and O–H groups in total. The molecule has 3 nitrogen and oxygen atoms in total. The minimum Gasteiger partial charge on any atom is -0.491 e. The van der Waals surface area contributed by atoms with E-state index >= 15 is 0 Å². The number of alkyl halides is 1. The summed E-state index contributed by atoms with van der Waals surface area (Å²) in [6, 6.07) is 16.0. The van der Waals surface area contributed by atoms with E-state index in [1.807, 2.05) is 42.5 Å². The van der Waals surface area contributed by atoms with Crippen LogP contribution in [0.25, 0.3) is 0 Å². The van der Waals surface area contributed by atoms with Crippen LogP contribution in [0.2, 0.25) is 0 Å². The van der Waals surface area contributed by atoms with Gasteiger partial charge in [-0.25, -0.2) is 4.39 Å². The van der Waals surface area contributed by atoms with Crippen molar-refractivity contribution in [2.75, 3.05) is 19.8 Å². The van der Waals surface area contributed by atoms with E-state index in [2.05, 4.69) is 33.4 Å². The van der Waals surface area contributed by atoms with Crippen molar-refractivity contribution >= 4 is 15.9 Å². The lowest BCUT2D eigenvalue weighted by atomic mass is 9.75. The van der Waals surface area contributed by atoms with E-state index < -0.39 is 6.67 Å². The molecule has 3 rings (SSSR count). The maximum absolute atomic E-state index is 12.2. The Morgan fingerprint density at radius 1 is 1.17 bits per heavy atom. The Labute approximate surface area is 143 Å². The normalized spacial score (nSPS) is 20.0. The second-order valence-electron chi connectivity index (χ2n) is 5.50. The Morgan fingerprint density at radius 2 is 1.96 bits per heavy atom. The number of hydrogen-bond acceptors (Lipinski definition) is 3. The number of nitrogens with two attached hydrogens (primary N) is 1. The standard InChI is InChI=1S/C18H18BrFN2O/c19-15-3-1-2-14(10-15)18(11-17(21)22-12-18)13-4-6-16(7-5-13)23-9-8-20/h1-7,10-11,22H,8-9,12,21H2. The number of ether oxygens (including phenoxy) is 1. The van der Waals surface area contributed by atoms with Gasteiger partial charge in [0.15, 0.2) is 0 Å². The summed E-state index contributed by atoms with van der Waals surface area (Å²) in [5.41, 5.74) is 7.92. The molecule has 0 aliphatic carbocycles. The lowest BCUT2D eigenvalue weighted by molar-refractivity contribution is 0.273. The third-order valence-electron chi connectivity index (χ3n) is 4.03. The van der Waals surface area contributed by atoms with Crippen LogP contribution in [0.5, 0.6) is 5.75 Å². The van der Waals surface area contributed by atoms with Crippen LogP contribution in [-0.2, 0) is 5.41 Å². The third kappa shape index (κ3) is 3.20. The molecule has 0 bridgehead atoms. The lowest BCUT2D eigenvalue weighted by Crippen LogP contribution is -2.31. The number of hydrogen-bond donors (Lipinski definition) is 2. The van der Waals surface area contributed by atoms with Crippen molar-refractivity contribution in [2.24, 2.45) is 5.73 Å². The second-order valence-corrected chi connectivity index (χ2v) is 6.41. The fourth-order valence-corrected chi connectivity index (χ4v) is 3.32. The number of rotatable bonds is 5. The Hall–Kier alpha value is -2.01. The molecule has 0 aromatic heterocycles. The summed E-state index contributed by atoms with van der Waals surface area (Å²) in [6.07, 6.45) is 2.05. The topological polar surface area (TPSA) is 47.3 Å². The second kappa shape index (κ2) is 6.62. The van der Waals surface area contributed by atoms with Crippen molar-refractivity contribution in [1.29, 1.82) is 0 Å². The zero-order chi connectivity index (χ0) is 16.3. The van der Waals surface area contributed by atoms with Gasteiger partial charge in [-0.3, -0.25) is 0 Å². The highest BCUT2D eigenvalue weighted by atomic mass is 79.9. The fourth-order valence-electron chi connectivity index (χ4n) is 2.92. The first-order chi connectivity index (χ1) is 11.1. The monoisotopic (exact) mass is 376 g/mol. The predicted molar refractivity (Wildman–Crippen MR) is 93.1 cm³/mol. The molecule has 0 fully saturated rings. The van der Waals surface area contributed by atoms with Crippen molar-refractivity contribution in [3.63, 3.8) is 0 Å². The maximum Gasteiger partial charge on any atom is 0.123 e. The van der Waals surface area contributed by atoms with Gasteiger partial charge in [0, 0.05) is 11.0 Å². The molecular weight excluding hydrogens is 359 g/mol. The fraction of sp³-hybridized carbons (Fsp3) is 0.222. The van der Waals surface area contributed by atoms with Gasteiger partial charge in [0.05, 0.1) is 11.2 Å². The highest BCUT2D eigenvalue weighted by Crippen LogP contribution is 2.38. The lowest BCUT2D eigenvalue weighted by Gasteiger charge is -2.28. The molecule has 0 saturated carbocycles. The van der Waals surface area contributed by atoms with Gasteiger partial charge >= 0.3 is 0 Å². The van der Waals surface area contributed by atoms with E-state index in [-0.39, 0.29) is 12.0 Å². The number of benzene rings is 2. The van der Waals surface area contributed by atoms with E-state index in [4.69, 9.17) is 10.5 Å². The van der Waals surface area contributed by atoms with Crippen molar-refractivity contribution < 1.29 is 9.13 Å². The molecule has 1 heterocycles. The highest BCUT2D eigenvalue weighted by Gasteiger charge is 2.36. The van der Waals surface area contributed by atoms with Crippen molar-refractivity contribution in [1.82, 2.24) is 5.32 Å². The van der Waals surface area contributed by atoms with Crippen LogP contribution in [-0.4, -0.2) is 19.8 Å². The van der Waals surface area contributed by atoms with Gasteiger partial charge in [-0.2, -0.15) is 0 Å². The molecule has 5 heteroatoms. The molecule has 0 amide bonds. The Balaban J connectivity index is 2.00. The van der Waals surface area contributed by atoms with Crippen LogP contribution in [0.15, 0.2) is 64.9 Å². The summed E-state index contributed by atoms with van der Waals surface area (Å²) < 4.78 is 18.5. The first kappa shape index (κ1) is 15.9. The molecule has 120 valence electrons. The maximum atomic E-state index is 12.2. The van der Waals surface area contributed by atoms with Crippen LogP contribution >= 0.6 is 15.9 Å². The van der Waals surface area contributed by atoms with E-state index in [1.54, 1.807) is 0 Å². The van der Waals surface area contributed by atoms with Crippen LogP contribution < -0.4 is 15.8 Å². The summed E-state index contributed by atoms with van der Waals surface area (Å²) in [7, 11) is 0. The van der Waals surface area contributed by atoms with Gasteiger partial charge in [-0.05, 0) is 41.5 Å². The minimum absolute atomic E-state index is 0.0739. The molecule has 2 aromatic carbocycles. The summed E-state index contributed by atoms with van der Waals surface area (Å²) in [5, 5.41) is 3.22. The van der Waals surface area contributed by atoms with Gasteiger partial charge in [0.25, 0.3) is 0 Å². The van der Waals surface area contributed by atoms with E-state index in [9.17, 15) is 4.39 Å². The molecule has 1 atom stereocenters. The Kier molecular flexibility index (Phi) is 4.57. The van der Waals surface area contributed by atoms with E-state index in [0.29, 0.717) is 18.1 Å². The Morgan fingerprint density at radius 3 is 2.57 bits per heavy atom. The quantitative estimate of drug-likeness (QED) is 0.839. The van der Waals surface area contributed by atoms with E-state index in [0.717, 1.165) is 15.6 Å². The van der Waals surface area contributed by atoms with Gasteiger partial charge < -0.3 is 15.8 Å². The smallest absolute Gasteiger partial charge is 0.123 e. The SMILES string of the molecule is NC1=CC(c2ccc(OCCF)cc2)(c2cccc(Br)c2)CN1. The highest BCUT2D eigenvalue weighted by molar-refractivity contribution is 9.10. The molecule has 1 aliphatic heterocycles. The molecule has 2 aromatic rings. The molecule has 1 unspecified atom stereocenters. The van der Waals surface area contributed by atoms with E-state index in [1.165, 1.54) is 0 Å². The molecule has 0 spiro atoms. The number of halogens is 2. The molecule has 0 radical (unpaired) electrons. The first-order valence-electron chi connectivity index (χ1n) is 7.41. The molecule has 0 saturated heterocycles. The van der Waals surface area contributed by atoms with Crippen LogP contribution in [0.4, 0.5) is 4.39 Å². The van der Waals surface area contributed by atoms with Crippen LogP contribution in [0.3, 0.4) is 0 Å². The summed E-state index contributed by atoms with van der Waals surface area (Å²) >= 11 is 3.53. The summed E-state index contributed by atoms with van der Waals surface area (Å²) in [4.78, 5) is 0. The minimum atomic E-state index is -0.493. The average Bonchev–Trinajstić information content (AvgIpc) is 2.97. The largest absolute Gasteiger partial charge is 0.491 e. The summed E-state index contributed by atoms with van der Waals surface area (Å²) in [5.74, 6) is 1.33. The van der Waals surface area contributed by atoms with Gasteiger partial charge in [0.2, 0.25) is 0 Å². The average molecular weight is 377 g/mol. The van der Waals surface area contributed by atoms with Gasteiger partial charge in [0.1, 0.15) is 19.0 Å². The van der Waals surface area contributed by atoms with Gasteiger partial charge in [-0.1, -0.05) is 40.2 Å². The zero-order valence-corrected chi connectivity index (χ0v) is 14.1. The summed E-state index contributed by atoms with van der Waals surface area (Å²) in [6.45, 7) is 0.275. The Bertz CT molecular complexity index is 717. The van der Waals surface area contributed by atoms with Crippen LogP contribution in [0.1, 0.15) is 11.1 Å². The molecule has 23 heavy (non-hydrogen) atoms. The molecule has 1 aliphatic rings. The van der Waals surface area contributed by atoms with Crippen LogP contribution in [0, 0.1) is 0 Å².